The zero-order valence-electron chi connectivity index (χ0n) is 12.2. The van der Waals surface area contributed by atoms with Crippen LogP contribution in [0.2, 0.25) is 0 Å². The van der Waals surface area contributed by atoms with Gasteiger partial charge in [0.2, 0.25) is 0 Å². The van der Waals surface area contributed by atoms with E-state index in [4.69, 9.17) is 0 Å². The maximum Gasteiger partial charge on any atom is 0.115 e. The van der Waals surface area contributed by atoms with Crippen LogP contribution < -0.4 is 5.32 Å². The van der Waals surface area contributed by atoms with Crippen LogP contribution in [0.5, 0.6) is 5.75 Å². The Morgan fingerprint density at radius 3 is 2.43 bits per heavy atom. The van der Waals surface area contributed by atoms with Crippen molar-refractivity contribution in [3.05, 3.63) is 64.7 Å². The van der Waals surface area contributed by atoms with Crippen molar-refractivity contribution in [1.29, 1.82) is 0 Å². The van der Waals surface area contributed by atoms with Gasteiger partial charge in [0.1, 0.15) is 5.75 Å². The van der Waals surface area contributed by atoms with Crippen molar-refractivity contribution in [3.63, 3.8) is 0 Å². The molecule has 0 radical (unpaired) electrons. The number of hydrogen-bond donors (Lipinski definition) is 2. The normalized spacial score (nSPS) is 21.6. The summed E-state index contributed by atoms with van der Waals surface area (Å²) < 4.78 is 0. The van der Waals surface area contributed by atoms with E-state index in [-0.39, 0.29) is 6.04 Å². The first-order chi connectivity index (χ1) is 10.3. The van der Waals surface area contributed by atoms with Gasteiger partial charge in [-0.15, -0.1) is 0 Å². The maximum absolute atomic E-state index is 9.78. The number of phenolic OH excluding ortho intramolecular Hbond substituents is 1. The third kappa shape index (κ3) is 2.34. The molecule has 1 saturated carbocycles. The Balaban J connectivity index is 1.66. The number of fused-ring (bicyclic) bond motifs is 1. The van der Waals surface area contributed by atoms with Crippen molar-refractivity contribution < 1.29 is 5.11 Å². The van der Waals surface area contributed by atoms with Crippen molar-refractivity contribution in [2.24, 2.45) is 0 Å². The van der Waals surface area contributed by atoms with Gasteiger partial charge in [-0.05, 0) is 59.6 Å². The zero-order chi connectivity index (χ0) is 14.2. The molecular weight excluding hydrogens is 258 g/mol. The second kappa shape index (κ2) is 5.19. The molecule has 0 spiro atoms. The first-order valence-corrected chi connectivity index (χ1v) is 7.96. The van der Waals surface area contributed by atoms with E-state index in [0.29, 0.717) is 5.75 Å². The first kappa shape index (κ1) is 12.9. The molecule has 21 heavy (non-hydrogen) atoms. The number of rotatable bonds is 2. The Morgan fingerprint density at radius 2 is 1.71 bits per heavy atom. The minimum absolute atomic E-state index is 0.205. The lowest BCUT2D eigenvalue weighted by Crippen LogP contribution is -2.30. The van der Waals surface area contributed by atoms with Gasteiger partial charge in [-0.1, -0.05) is 36.8 Å². The van der Waals surface area contributed by atoms with E-state index in [9.17, 15) is 5.11 Å². The van der Waals surface area contributed by atoms with Crippen molar-refractivity contribution in [2.45, 2.75) is 37.6 Å². The van der Waals surface area contributed by atoms with E-state index in [2.05, 4.69) is 35.6 Å². The fraction of sp³-hybridized carbons (Fsp3) is 0.368. The third-order valence-electron chi connectivity index (χ3n) is 5.03. The molecule has 0 saturated heterocycles. The predicted molar refractivity (Wildman–Crippen MR) is 84.7 cm³/mol. The van der Waals surface area contributed by atoms with E-state index in [1.165, 1.54) is 41.5 Å². The molecule has 1 fully saturated rings. The van der Waals surface area contributed by atoms with E-state index < -0.39 is 0 Å². The van der Waals surface area contributed by atoms with Crippen LogP contribution in [0.25, 0.3) is 0 Å². The summed E-state index contributed by atoms with van der Waals surface area (Å²) in [6, 6.07) is 15.1. The highest BCUT2D eigenvalue weighted by Crippen LogP contribution is 2.37. The van der Waals surface area contributed by atoms with Gasteiger partial charge in [0.15, 0.2) is 0 Å². The summed E-state index contributed by atoms with van der Waals surface area (Å²) in [4.78, 5) is 0. The molecule has 2 aliphatic rings. The Morgan fingerprint density at radius 1 is 0.952 bits per heavy atom. The number of benzene rings is 2. The van der Waals surface area contributed by atoms with Gasteiger partial charge in [0, 0.05) is 6.54 Å². The second-order valence-electron chi connectivity index (χ2n) is 6.31. The number of aromatic hydroxyl groups is 1. The van der Waals surface area contributed by atoms with Crippen LogP contribution in [0.4, 0.5) is 0 Å². The van der Waals surface area contributed by atoms with Crippen molar-refractivity contribution >= 4 is 0 Å². The van der Waals surface area contributed by atoms with Crippen LogP contribution in [0.15, 0.2) is 42.5 Å². The maximum atomic E-state index is 9.78. The van der Waals surface area contributed by atoms with Crippen LogP contribution in [-0.2, 0) is 6.42 Å². The molecule has 2 heteroatoms. The Hall–Kier alpha value is -1.80. The minimum Gasteiger partial charge on any atom is -0.508 e. The summed E-state index contributed by atoms with van der Waals surface area (Å²) in [6.07, 6.45) is 5.10. The molecular formula is C19H21NO. The van der Waals surface area contributed by atoms with Gasteiger partial charge in [0.25, 0.3) is 0 Å². The molecule has 1 aliphatic carbocycles. The minimum atomic E-state index is 0.205. The average molecular weight is 279 g/mol. The van der Waals surface area contributed by atoms with Crippen LogP contribution >= 0.6 is 0 Å². The highest BCUT2D eigenvalue weighted by molar-refractivity contribution is 5.44. The van der Waals surface area contributed by atoms with Gasteiger partial charge in [0.05, 0.1) is 6.04 Å². The third-order valence-corrected chi connectivity index (χ3v) is 5.03. The molecule has 4 rings (SSSR count). The molecule has 2 nitrogen and oxygen atoms in total. The molecule has 108 valence electrons. The summed E-state index contributed by atoms with van der Waals surface area (Å²) >= 11 is 0. The lowest BCUT2D eigenvalue weighted by Gasteiger charge is -2.29. The van der Waals surface area contributed by atoms with Crippen LogP contribution in [-0.4, -0.2) is 11.7 Å². The van der Waals surface area contributed by atoms with Crippen molar-refractivity contribution in [3.8, 4) is 5.75 Å². The van der Waals surface area contributed by atoms with Gasteiger partial charge >= 0.3 is 0 Å². The van der Waals surface area contributed by atoms with Gasteiger partial charge < -0.3 is 10.4 Å². The lowest BCUT2D eigenvalue weighted by atomic mass is 9.79. The largest absolute Gasteiger partial charge is 0.508 e. The molecule has 1 unspecified atom stereocenters. The molecule has 1 atom stereocenters. The highest BCUT2D eigenvalue weighted by Gasteiger charge is 2.23. The molecule has 0 bridgehead atoms. The lowest BCUT2D eigenvalue weighted by molar-refractivity contribution is 0.419. The topological polar surface area (TPSA) is 32.3 Å². The fourth-order valence-corrected chi connectivity index (χ4v) is 3.54. The summed E-state index contributed by atoms with van der Waals surface area (Å²) in [5.74, 6) is 1.14. The standard InChI is InChI=1S/C19H21NO/c21-17-9-8-15-10-11-20-19(18(15)12-17)16-6-4-14(5-7-16)13-2-1-3-13/h4-9,12-13,19-21H,1-3,10-11H2. The predicted octanol–water partition coefficient (Wildman–Crippen LogP) is 3.89. The summed E-state index contributed by atoms with van der Waals surface area (Å²) in [5.41, 5.74) is 5.35. The second-order valence-corrected chi connectivity index (χ2v) is 6.31. The summed E-state index contributed by atoms with van der Waals surface area (Å²) in [6.45, 7) is 0.993. The van der Waals surface area contributed by atoms with Crippen LogP contribution in [0.3, 0.4) is 0 Å². The Kier molecular flexibility index (Phi) is 3.19. The Bertz CT molecular complexity index is 643. The fourth-order valence-electron chi connectivity index (χ4n) is 3.54. The molecule has 2 N–H and O–H groups in total. The molecule has 2 aromatic carbocycles. The SMILES string of the molecule is Oc1ccc2c(c1)C(c1ccc(C3CCC3)cc1)NCC2. The zero-order valence-corrected chi connectivity index (χ0v) is 12.2. The monoisotopic (exact) mass is 279 g/mol. The quantitative estimate of drug-likeness (QED) is 0.874. The van der Waals surface area contributed by atoms with Gasteiger partial charge in [-0.2, -0.15) is 0 Å². The van der Waals surface area contributed by atoms with E-state index in [0.717, 1.165) is 18.9 Å². The van der Waals surface area contributed by atoms with E-state index in [1.54, 1.807) is 6.07 Å². The smallest absolute Gasteiger partial charge is 0.115 e. The average Bonchev–Trinajstić information content (AvgIpc) is 2.46. The molecule has 0 amide bonds. The molecule has 0 aromatic heterocycles. The molecule has 1 heterocycles. The highest BCUT2D eigenvalue weighted by atomic mass is 16.3. The number of phenols is 1. The van der Waals surface area contributed by atoms with Crippen molar-refractivity contribution in [1.82, 2.24) is 5.32 Å². The Labute approximate surface area is 125 Å². The number of nitrogens with one attached hydrogen (secondary N) is 1. The number of hydrogen-bond acceptors (Lipinski definition) is 2. The van der Waals surface area contributed by atoms with Crippen molar-refractivity contribution in [2.75, 3.05) is 6.54 Å². The molecule has 2 aromatic rings. The van der Waals surface area contributed by atoms with E-state index in [1.807, 2.05) is 6.07 Å². The van der Waals surface area contributed by atoms with E-state index >= 15 is 0 Å². The van der Waals surface area contributed by atoms with Crippen LogP contribution in [0, 0.1) is 0 Å². The first-order valence-electron chi connectivity index (χ1n) is 7.96. The van der Waals surface area contributed by atoms with Gasteiger partial charge in [-0.3, -0.25) is 0 Å². The van der Waals surface area contributed by atoms with Crippen LogP contribution in [0.1, 0.15) is 53.5 Å². The molecule has 1 aliphatic heterocycles. The summed E-state index contributed by atoms with van der Waals surface area (Å²) in [7, 11) is 0. The summed E-state index contributed by atoms with van der Waals surface area (Å²) in [5, 5.41) is 13.4. The van der Waals surface area contributed by atoms with Gasteiger partial charge in [-0.25, -0.2) is 0 Å².